The Morgan fingerprint density at radius 1 is 1.05 bits per heavy atom. The lowest BCUT2D eigenvalue weighted by Gasteiger charge is -2.07. The third kappa shape index (κ3) is 3.55. The molecule has 0 saturated heterocycles. The summed E-state index contributed by atoms with van der Waals surface area (Å²) < 4.78 is 5.03. The van der Waals surface area contributed by atoms with Gasteiger partial charge in [-0.1, -0.05) is 12.1 Å². The Hall–Kier alpha value is -2.89. The van der Waals surface area contributed by atoms with Gasteiger partial charge in [-0.3, -0.25) is 9.59 Å². The zero-order chi connectivity index (χ0) is 14.4. The average molecular weight is 271 g/mol. The van der Waals surface area contributed by atoms with Gasteiger partial charge in [0, 0.05) is 18.0 Å². The number of benzene rings is 1. The number of nitrogens with one attached hydrogen (secondary N) is 2. The van der Waals surface area contributed by atoms with E-state index >= 15 is 0 Å². The number of carbonyl (C=O) groups excluding carboxylic acids is 2. The molecule has 0 atom stereocenters. The number of nitrogens with zero attached hydrogens (tertiary/aromatic N) is 1. The zero-order valence-electron chi connectivity index (χ0n) is 10.8. The van der Waals surface area contributed by atoms with Gasteiger partial charge in [0.1, 0.15) is 11.6 Å². The maximum Gasteiger partial charge on any atom is 0.315 e. The van der Waals surface area contributed by atoms with Crippen LogP contribution >= 0.6 is 0 Å². The van der Waals surface area contributed by atoms with E-state index in [9.17, 15) is 9.59 Å². The molecule has 0 radical (unpaired) electrons. The first-order chi connectivity index (χ1) is 9.69. The molecule has 1 aromatic heterocycles. The summed E-state index contributed by atoms with van der Waals surface area (Å²) in [7, 11) is 1.52. The molecule has 2 aromatic rings. The molecule has 2 rings (SSSR count). The number of amides is 2. The molecular weight excluding hydrogens is 258 g/mol. The summed E-state index contributed by atoms with van der Waals surface area (Å²) in [5.41, 5.74) is 0.477. The van der Waals surface area contributed by atoms with Crippen LogP contribution in [0.5, 0.6) is 5.75 Å². The van der Waals surface area contributed by atoms with Gasteiger partial charge in [0.05, 0.1) is 7.11 Å². The Kier molecular flexibility index (Phi) is 4.28. The molecule has 20 heavy (non-hydrogen) atoms. The van der Waals surface area contributed by atoms with Crippen LogP contribution in [-0.4, -0.2) is 23.9 Å². The highest BCUT2D eigenvalue weighted by atomic mass is 16.5. The summed E-state index contributed by atoms with van der Waals surface area (Å²) in [4.78, 5) is 27.3. The van der Waals surface area contributed by atoms with Crippen LogP contribution in [0.3, 0.4) is 0 Å². The van der Waals surface area contributed by atoms with E-state index in [0.717, 1.165) is 0 Å². The maximum absolute atomic E-state index is 11.7. The predicted molar refractivity (Wildman–Crippen MR) is 74.5 cm³/mol. The Labute approximate surface area is 115 Å². The average Bonchev–Trinajstić information content (AvgIpc) is 2.48. The van der Waals surface area contributed by atoms with E-state index in [4.69, 9.17) is 4.74 Å². The number of aromatic nitrogens is 1. The van der Waals surface area contributed by atoms with Gasteiger partial charge in [0.2, 0.25) is 0 Å². The summed E-state index contributed by atoms with van der Waals surface area (Å²) in [6.07, 6.45) is 1.52. The molecule has 0 spiro atoms. The smallest absolute Gasteiger partial charge is 0.315 e. The standard InChI is InChI=1S/C14H13N3O3/c1-20-11-6-4-5-10(9-11)16-13(18)14(19)17-12-7-2-3-8-15-12/h2-9H,1H3,(H,16,18)(H,15,17,19). The fourth-order valence-electron chi connectivity index (χ4n) is 1.50. The van der Waals surface area contributed by atoms with Gasteiger partial charge in [0.25, 0.3) is 0 Å². The minimum atomic E-state index is -0.786. The Morgan fingerprint density at radius 2 is 1.85 bits per heavy atom. The van der Waals surface area contributed by atoms with Crippen molar-refractivity contribution in [2.24, 2.45) is 0 Å². The largest absolute Gasteiger partial charge is 0.497 e. The Morgan fingerprint density at radius 3 is 2.55 bits per heavy atom. The van der Waals surface area contributed by atoms with Crippen molar-refractivity contribution in [2.75, 3.05) is 17.7 Å². The highest BCUT2D eigenvalue weighted by Crippen LogP contribution is 2.16. The zero-order valence-corrected chi connectivity index (χ0v) is 10.8. The Bertz CT molecular complexity index is 614. The fraction of sp³-hybridized carbons (Fsp3) is 0.0714. The molecule has 1 heterocycles. The van der Waals surface area contributed by atoms with Gasteiger partial charge in [-0.2, -0.15) is 0 Å². The topological polar surface area (TPSA) is 80.3 Å². The first-order valence-corrected chi connectivity index (χ1v) is 5.86. The van der Waals surface area contributed by atoms with E-state index in [0.29, 0.717) is 17.3 Å². The van der Waals surface area contributed by atoms with Gasteiger partial charge in [-0.15, -0.1) is 0 Å². The van der Waals surface area contributed by atoms with Crippen LogP contribution in [0.25, 0.3) is 0 Å². The molecule has 0 aliphatic rings. The number of carbonyl (C=O) groups is 2. The van der Waals surface area contributed by atoms with Crippen molar-refractivity contribution >= 4 is 23.3 Å². The molecule has 0 bridgehead atoms. The minimum Gasteiger partial charge on any atom is -0.497 e. The molecule has 0 fully saturated rings. The van der Waals surface area contributed by atoms with Crippen LogP contribution < -0.4 is 15.4 Å². The van der Waals surface area contributed by atoms with Gasteiger partial charge in [-0.05, 0) is 24.3 Å². The van der Waals surface area contributed by atoms with Crippen LogP contribution in [0.15, 0.2) is 48.7 Å². The summed E-state index contributed by atoms with van der Waals surface area (Å²) in [5, 5.41) is 4.88. The molecule has 0 saturated carbocycles. The van der Waals surface area contributed by atoms with Crippen molar-refractivity contribution < 1.29 is 14.3 Å². The molecule has 102 valence electrons. The van der Waals surface area contributed by atoms with Crippen LogP contribution in [-0.2, 0) is 9.59 Å². The van der Waals surface area contributed by atoms with Gasteiger partial charge < -0.3 is 15.4 Å². The maximum atomic E-state index is 11.7. The first-order valence-electron chi connectivity index (χ1n) is 5.86. The van der Waals surface area contributed by atoms with Crippen molar-refractivity contribution in [3.05, 3.63) is 48.7 Å². The highest BCUT2D eigenvalue weighted by Gasteiger charge is 2.14. The molecule has 6 nitrogen and oxygen atoms in total. The van der Waals surface area contributed by atoms with E-state index in [2.05, 4.69) is 15.6 Å². The molecule has 1 aromatic carbocycles. The van der Waals surface area contributed by atoms with Crippen LogP contribution in [0, 0.1) is 0 Å². The fourth-order valence-corrected chi connectivity index (χ4v) is 1.50. The first kappa shape index (κ1) is 13.5. The van der Waals surface area contributed by atoms with E-state index in [-0.39, 0.29) is 0 Å². The number of hydrogen-bond donors (Lipinski definition) is 2. The molecule has 0 unspecified atom stereocenters. The molecular formula is C14H13N3O3. The lowest BCUT2D eigenvalue weighted by atomic mass is 10.3. The molecule has 2 amide bonds. The third-order valence-electron chi connectivity index (χ3n) is 2.44. The van der Waals surface area contributed by atoms with E-state index in [1.807, 2.05) is 0 Å². The number of methoxy groups -OCH3 is 1. The SMILES string of the molecule is COc1cccc(NC(=O)C(=O)Nc2ccccn2)c1. The number of hydrogen-bond acceptors (Lipinski definition) is 4. The van der Waals surface area contributed by atoms with E-state index < -0.39 is 11.8 Å². The molecule has 6 heteroatoms. The molecule has 2 N–H and O–H groups in total. The van der Waals surface area contributed by atoms with E-state index in [1.165, 1.54) is 13.3 Å². The third-order valence-corrected chi connectivity index (χ3v) is 2.44. The van der Waals surface area contributed by atoms with Crippen molar-refractivity contribution in [3.63, 3.8) is 0 Å². The minimum absolute atomic E-state index is 0.318. The highest BCUT2D eigenvalue weighted by molar-refractivity contribution is 6.43. The monoisotopic (exact) mass is 271 g/mol. The van der Waals surface area contributed by atoms with Gasteiger partial charge >= 0.3 is 11.8 Å². The lowest BCUT2D eigenvalue weighted by Crippen LogP contribution is -2.29. The van der Waals surface area contributed by atoms with E-state index in [1.54, 1.807) is 42.5 Å². The summed E-state index contributed by atoms with van der Waals surface area (Å²) in [6, 6.07) is 11.8. The number of rotatable bonds is 3. The summed E-state index contributed by atoms with van der Waals surface area (Å²) in [5.74, 6) is -0.651. The predicted octanol–water partition coefficient (Wildman–Crippen LogP) is 1.67. The Balaban J connectivity index is 1.99. The number of pyridine rings is 1. The molecule has 0 aliphatic heterocycles. The van der Waals surface area contributed by atoms with Gasteiger partial charge in [0.15, 0.2) is 0 Å². The van der Waals surface area contributed by atoms with Gasteiger partial charge in [-0.25, -0.2) is 4.98 Å². The van der Waals surface area contributed by atoms with Crippen molar-refractivity contribution in [3.8, 4) is 5.75 Å². The van der Waals surface area contributed by atoms with Crippen molar-refractivity contribution in [1.82, 2.24) is 4.98 Å². The van der Waals surface area contributed by atoms with Crippen LogP contribution in [0.1, 0.15) is 0 Å². The summed E-state index contributed by atoms with van der Waals surface area (Å²) in [6.45, 7) is 0. The quantitative estimate of drug-likeness (QED) is 0.832. The van der Waals surface area contributed by atoms with Crippen molar-refractivity contribution in [1.29, 1.82) is 0 Å². The number of ether oxygens (including phenoxy) is 1. The lowest BCUT2D eigenvalue weighted by molar-refractivity contribution is -0.133. The second kappa shape index (κ2) is 6.33. The second-order valence-corrected chi connectivity index (χ2v) is 3.86. The number of anilines is 2. The normalized spacial score (nSPS) is 9.65. The second-order valence-electron chi connectivity index (χ2n) is 3.86. The van der Waals surface area contributed by atoms with Crippen LogP contribution in [0.2, 0.25) is 0 Å². The van der Waals surface area contributed by atoms with Crippen LogP contribution in [0.4, 0.5) is 11.5 Å². The summed E-state index contributed by atoms with van der Waals surface area (Å²) >= 11 is 0. The van der Waals surface area contributed by atoms with Crippen molar-refractivity contribution in [2.45, 2.75) is 0 Å². The molecule has 0 aliphatic carbocycles.